The first kappa shape index (κ1) is 15.4. The molecule has 0 bridgehead atoms. The van der Waals surface area contributed by atoms with Crippen LogP contribution in [0.4, 0.5) is 5.69 Å². The molecule has 1 aliphatic rings. The van der Waals surface area contributed by atoms with Gasteiger partial charge in [0, 0.05) is 25.2 Å². The minimum Gasteiger partial charge on any atom is -0.294 e. The number of nitrogens with zero attached hydrogens (tertiary/aromatic N) is 2. The van der Waals surface area contributed by atoms with Gasteiger partial charge in [0.1, 0.15) is 0 Å². The summed E-state index contributed by atoms with van der Waals surface area (Å²) in [4.78, 5) is 12.5. The van der Waals surface area contributed by atoms with E-state index in [2.05, 4.69) is 15.9 Å². The van der Waals surface area contributed by atoms with Crippen molar-refractivity contribution in [3.63, 3.8) is 0 Å². The normalized spacial score (nSPS) is 22.6. The van der Waals surface area contributed by atoms with E-state index in [1.807, 2.05) is 17.9 Å². The molecule has 0 saturated carbocycles. The van der Waals surface area contributed by atoms with Crippen molar-refractivity contribution < 1.29 is 13.3 Å². The lowest BCUT2D eigenvalue weighted by Crippen LogP contribution is -2.46. The molecule has 1 unspecified atom stereocenters. The lowest BCUT2D eigenvalue weighted by Gasteiger charge is -2.33. The van der Waals surface area contributed by atoms with Gasteiger partial charge in [0.15, 0.2) is 9.84 Å². The van der Waals surface area contributed by atoms with Crippen LogP contribution in [0.15, 0.2) is 22.7 Å². The number of nitro groups is 1. The fraction of sp³-hybridized carbons (Fsp3) is 0.500. The van der Waals surface area contributed by atoms with E-state index >= 15 is 0 Å². The van der Waals surface area contributed by atoms with E-state index in [4.69, 9.17) is 0 Å². The molecular formula is C12H15BrN2O4S. The van der Waals surface area contributed by atoms with E-state index in [1.165, 1.54) is 6.07 Å². The highest BCUT2D eigenvalue weighted by Gasteiger charge is 2.28. The predicted molar refractivity (Wildman–Crippen MR) is 79.3 cm³/mol. The highest BCUT2D eigenvalue weighted by molar-refractivity contribution is 9.10. The number of sulfone groups is 1. The zero-order valence-corrected chi connectivity index (χ0v) is 13.4. The Labute approximate surface area is 126 Å². The van der Waals surface area contributed by atoms with Crippen LogP contribution < -0.4 is 0 Å². The van der Waals surface area contributed by atoms with Crippen LogP contribution in [0.25, 0.3) is 0 Å². The van der Waals surface area contributed by atoms with Gasteiger partial charge in [0.05, 0.1) is 20.9 Å². The first-order valence-corrected chi connectivity index (χ1v) is 8.78. The first-order chi connectivity index (χ1) is 9.30. The predicted octanol–water partition coefficient (Wildman–Crippen LogP) is 1.98. The maximum atomic E-state index is 11.5. The van der Waals surface area contributed by atoms with E-state index < -0.39 is 14.8 Å². The molecule has 0 spiro atoms. The third-order valence-electron chi connectivity index (χ3n) is 3.44. The van der Waals surface area contributed by atoms with Crippen LogP contribution in [0.1, 0.15) is 12.5 Å². The van der Waals surface area contributed by atoms with Gasteiger partial charge in [-0.05, 0) is 28.4 Å². The second-order valence-electron chi connectivity index (χ2n) is 4.94. The van der Waals surface area contributed by atoms with Crippen molar-refractivity contribution in [1.82, 2.24) is 4.90 Å². The van der Waals surface area contributed by atoms with Crippen molar-refractivity contribution >= 4 is 31.5 Å². The van der Waals surface area contributed by atoms with Crippen molar-refractivity contribution in [1.29, 1.82) is 0 Å². The van der Waals surface area contributed by atoms with E-state index in [-0.39, 0.29) is 23.2 Å². The van der Waals surface area contributed by atoms with Gasteiger partial charge in [0.25, 0.3) is 5.69 Å². The minimum atomic E-state index is -2.95. The smallest absolute Gasteiger partial charge is 0.283 e. The Hall–Kier alpha value is -0.990. The molecule has 1 atom stereocenters. The molecule has 8 heteroatoms. The summed E-state index contributed by atoms with van der Waals surface area (Å²) in [5, 5.41) is 10.9. The SMILES string of the molecule is CC1CS(=O)(=O)CCN1Cc1cccc([N+](=O)[O-])c1Br. The second-order valence-corrected chi connectivity index (χ2v) is 7.96. The standard InChI is InChI=1S/C12H15BrN2O4S/c1-9-8-20(18,19)6-5-14(9)7-10-3-2-4-11(12(10)13)15(16)17/h2-4,9H,5-8H2,1H3. The molecule has 1 saturated heterocycles. The van der Waals surface area contributed by atoms with Crippen LogP contribution in [0, 0.1) is 10.1 Å². The summed E-state index contributed by atoms with van der Waals surface area (Å²) in [5.74, 6) is 0.281. The van der Waals surface area contributed by atoms with Crippen molar-refractivity contribution in [2.24, 2.45) is 0 Å². The summed E-state index contributed by atoms with van der Waals surface area (Å²) in [6, 6.07) is 4.81. The molecular weight excluding hydrogens is 348 g/mol. The second kappa shape index (κ2) is 5.79. The molecule has 2 rings (SSSR count). The van der Waals surface area contributed by atoms with Gasteiger partial charge in [-0.1, -0.05) is 12.1 Å². The highest BCUT2D eigenvalue weighted by atomic mass is 79.9. The molecule has 1 aromatic carbocycles. The van der Waals surface area contributed by atoms with Crippen LogP contribution in [0.2, 0.25) is 0 Å². The van der Waals surface area contributed by atoms with E-state index in [1.54, 1.807) is 6.07 Å². The van der Waals surface area contributed by atoms with Gasteiger partial charge >= 0.3 is 0 Å². The summed E-state index contributed by atoms with van der Waals surface area (Å²) in [5.41, 5.74) is 0.824. The monoisotopic (exact) mass is 362 g/mol. The number of rotatable bonds is 3. The number of nitro benzene ring substituents is 1. The molecule has 0 amide bonds. The molecule has 6 nitrogen and oxygen atoms in total. The molecule has 20 heavy (non-hydrogen) atoms. The average molecular weight is 363 g/mol. The molecule has 1 aliphatic heterocycles. The summed E-state index contributed by atoms with van der Waals surface area (Å²) >= 11 is 3.26. The van der Waals surface area contributed by atoms with Crippen LogP contribution in [-0.2, 0) is 16.4 Å². The van der Waals surface area contributed by atoms with Crippen molar-refractivity contribution in [2.45, 2.75) is 19.5 Å². The van der Waals surface area contributed by atoms with Crippen molar-refractivity contribution in [3.8, 4) is 0 Å². The Morgan fingerprint density at radius 3 is 2.80 bits per heavy atom. The fourth-order valence-corrected chi connectivity index (χ4v) is 4.48. The Morgan fingerprint density at radius 2 is 2.20 bits per heavy atom. The minimum absolute atomic E-state index is 0.0276. The zero-order valence-electron chi connectivity index (χ0n) is 11.0. The number of benzene rings is 1. The van der Waals surface area contributed by atoms with Gasteiger partial charge in [-0.2, -0.15) is 0 Å². The Kier molecular flexibility index (Phi) is 4.46. The summed E-state index contributed by atoms with van der Waals surface area (Å²) in [6.07, 6.45) is 0. The highest BCUT2D eigenvalue weighted by Crippen LogP contribution is 2.29. The molecule has 1 heterocycles. The largest absolute Gasteiger partial charge is 0.294 e. The van der Waals surface area contributed by atoms with Crippen LogP contribution >= 0.6 is 15.9 Å². The van der Waals surface area contributed by atoms with E-state index in [0.717, 1.165) is 5.56 Å². The van der Waals surface area contributed by atoms with Gasteiger partial charge < -0.3 is 0 Å². The van der Waals surface area contributed by atoms with Crippen LogP contribution in [-0.4, -0.2) is 42.3 Å². The third kappa shape index (κ3) is 3.36. The maximum absolute atomic E-state index is 11.5. The van der Waals surface area contributed by atoms with E-state index in [0.29, 0.717) is 17.6 Å². The summed E-state index contributed by atoms with van der Waals surface area (Å²) in [7, 11) is -2.95. The molecule has 0 N–H and O–H groups in total. The summed E-state index contributed by atoms with van der Waals surface area (Å²) in [6.45, 7) is 2.82. The van der Waals surface area contributed by atoms with Gasteiger partial charge in [0.2, 0.25) is 0 Å². The van der Waals surface area contributed by atoms with Crippen molar-refractivity contribution in [2.75, 3.05) is 18.1 Å². The van der Waals surface area contributed by atoms with Gasteiger partial charge in [-0.15, -0.1) is 0 Å². The first-order valence-electron chi connectivity index (χ1n) is 6.16. The number of halogens is 1. The molecule has 1 fully saturated rings. The Balaban J connectivity index is 2.19. The van der Waals surface area contributed by atoms with Gasteiger partial charge in [-0.25, -0.2) is 8.42 Å². The molecule has 0 aliphatic carbocycles. The lowest BCUT2D eigenvalue weighted by molar-refractivity contribution is -0.385. The average Bonchev–Trinajstić information content (AvgIpc) is 2.34. The molecule has 0 radical (unpaired) electrons. The zero-order chi connectivity index (χ0) is 14.9. The molecule has 110 valence electrons. The topological polar surface area (TPSA) is 80.5 Å². The third-order valence-corrected chi connectivity index (χ3v) is 6.15. The Morgan fingerprint density at radius 1 is 1.50 bits per heavy atom. The fourth-order valence-electron chi connectivity index (χ4n) is 2.32. The maximum Gasteiger partial charge on any atom is 0.283 e. The van der Waals surface area contributed by atoms with E-state index in [9.17, 15) is 18.5 Å². The lowest BCUT2D eigenvalue weighted by atomic mass is 10.1. The quantitative estimate of drug-likeness (QED) is 0.606. The molecule has 0 aromatic heterocycles. The number of hydrogen-bond donors (Lipinski definition) is 0. The summed E-state index contributed by atoms with van der Waals surface area (Å²) < 4.78 is 23.6. The molecule has 1 aromatic rings. The Bertz CT molecular complexity index is 632. The van der Waals surface area contributed by atoms with Crippen LogP contribution in [0.5, 0.6) is 0 Å². The van der Waals surface area contributed by atoms with Gasteiger partial charge in [-0.3, -0.25) is 15.0 Å². The number of hydrogen-bond acceptors (Lipinski definition) is 5. The van der Waals surface area contributed by atoms with Crippen LogP contribution in [0.3, 0.4) is 0 Å². The van der Waals surface area contributed by atoms with Crippen molar-refractivity contribution in [3.05, 3.63) is 38.3 Å².